The second kappa shape index (κ2) is 7.27. The largest absolute Gasteiger partial charge is 0.309 e. The highest BCUT2D eigenvalue weighted by atomic mass is 15.1. The average molecular weight is 461 g/mol. The lowest BCUT2D eigenvalue weighted by Gasteiger charge is -2.10. The van der Waals surface area contributed by atoms with Gasteiger partial charge in [0.1, 0.15) is 12.1 Å². The molecule has 8 aromatic rings. The number of nitrogens with zero attached hydrogens (tertiary/aromatic N) is 4. The van der Waals surface area contributed by atoms with E-state index in [0.29, 0.717) is 0 Å². The first-order valence-corrected chi connectivity index (χ1v) is 12.1. The predicted molar refractivity (Wildman–Crippen MR) is 148 cm³/mol. The van der Waals surface area contributed by atoms with Gasteiger partial charge in [-0.25, -0.2) is 9.97 Å². The second-order valence-corrected chi connectivity index (χ2v) is 9.13. The molecule has 0 amide bonds. The molecule has 0 unspecified atom stereocenters. The molecule has 4 heteroatoms. The molecule has 5 aromatic carbocycles. The quantitative estimate of drug-likeness (QED) is 0.264. The zero-order chi connectivity index (χ0) is 23.6. The first-order valence-electron chi connectivity index (χ1n) is 12.1. The summed E-state index contributed by atoms with van der Waals surface area (Å²) in [5.41, 5.74) is 5.86. The molecule has 0 aliphatic heterocycles. The van der Waals surface area contributed by atoms with Gasteiger partial charge in [-0.3, -0.25) is 4.57 Å². The number of hydrogen-bond acceptors (Lipinski definition) is 2. The molecule has 0 fully saturated rings. The van der Waals surface area contributed by atoms with Crippen molar-refractivity contribution in [1.29, 1.82) is 0 Å². The van der Waals surface area contributed by atoms with Crippen molar-refractivity contribution in [3.05, 3.63) is 122 Å². The normalized spacial score (nSPS) is 11.9. The van der Waals surface area contributed by atoms with Gasteiger partial charge in [0.25, 0.3) is 0 Å². The predicted octanol–water partition coefficient (Wildman–Crippen LogP) is 7.82. The molecular formula is C32H20N4. The Morgan fingerprint density at radius 2 is 1.28 bits per heavy atom. The number of aromatic nitrogens is 4. The molecule has 0 saturated carbocycles. The standard InChI is InChI=1S/C32H20N4/c1-2-9-22(10-3-1)35-28-17-16-25-24-12-6-7-13-27(24)36(29-18-19-33-20-34-29)32(25)30(28)26-15-14-21-8-4-5-11-23(21)31(26)35/h1-20H. The van der Waals surface area contributed by atoms with Crippen LogP contribution in [0.2, 0.25) is 0 Å². The van der Waals surface area contributed by atoms with Crippen molar-refractivity contribution >= 4 is 54.4 Å². The summed E-state index contributed by atoms with van der Waals surface area (Å²) in [4.78, 5) is 8.85. The third kappa shape index (κ3) is 2.53. The molecule has 36 heavy (non-hydrogen) atoms. The van der Waals surface area contributed by atoms with E-state index in [1.165, 1.54) is 48.9 Å². The molecule has 4 nitrogen and oxygen atoms in total. The average Bonchev–Trinajstić information content (AvgIpc) is 3.47. The van der Waals surface area contributed by atoms with Gasteiger partial charge in [-0.15, -0.1) is 0 Å². The fraction of sp³-hybridized carbons (Fsp3) is 0. The van der Waals surface area contributed by atoms with Crippen molar-refractivity contribution in [3.8, 4) is 11.5 Å². The molecule has 0 radical (unpaired) electrons. The summed E-state index contributed by atoms with van der Waals surface area (Å²) < 4.78 is 4.70. The number of para-hydroxylation sites is 2. The van der Waals surface area contributed by atoms with E-state index < -0.39 is 0 Å². The van der Waals surface area contributed by atoms with Crippen molar-refractivity contribution in [2.24, 2.45) is 0 Å². The third-order valence-electron chi connectivity index (χ3n) is 7.26. The Bertz CT molecular complexity index is 2080. The van der Waals surface area contributed by atoms with E-state index in [4.69, 9.17) is 0 Å². The summed E-state index contributed by atoms with van der Waals surface area (Å²) >= 11 is 0. The topological polar surface area (TPSA) is 35.6 Å². The Balaban J connectivity index is 1.69. The molecule has 0 bridgehead atoms. The molecule has 0 saturated heterocycles. The highest BCUT2D eigenvalue weighted by Gasteiger charge is 2.22. The van der Waals surface area contributed by atoms with Crippen LogP contribution in [0.5, 0.6) is 0 Å². The minimum absolute atomic E-state index is 0.866. The van der Waals surface area contributed by atoms with Crippen LogP contribution >= 0.6 is 0 Å². The van der Waals surface area contributed by atoms with Crippen LogP contribution in [0.3, 0.4) is 0 Å². The molecule has 0 aliphatic rings. The van der Waals surface area contributed by atoms with Gasteiger partial charge in [-0.1, -0.05) is 78.9 Å². The number of rotatable bonds is 2. The van der Waals surface area contributed by atoms with Crippen LogP contribution in [0.1, 0.15) is 0 Å². The van der Waals surface area contributed by atoms with Crippen molar-refractivity contribution in [3.63, 3.8) is 0 Å². The van der Waals surface area contributed by atoms with Crippen LogP contribution < -0.4 is 0 Å². The molecule has 3 heterocycles. The van der Waals surface area contributed by atoms with Gasteiger partial charge in [0.15, 0.2) is 0 Å². The van der Waals surface area contributed by atoms with Gasteiger partial charge in [0.05, 0.1) is 22.1 Å². The fourth-order valence-electron chi connectivity index (χ4n) is 5.82. The maximum atomic E-state index is 4.67. The van der Waals surface area contributed by atoms with Crippen LogP contribution in [-0.2, 0) is 0 Å². The van der Waals surface area contributed by atoms with Gasteiger partial charge in [0.2, 0.25) is 0 Å². The molecule has 0 atom stereocenters. The molecule has 0 spiro atoms. The molecule has 0 N–H and O–H groups in total. The second-order valence-electron chi connectivity index (χ2n) is 9.13. The Morgan fingerprint density at radius 3 is 2.14 bits per heavy atom. The van der Waals surface area contributed by atoms with E-state index >= 15 is 0 Å². The van der Waals surface area contributed by atoms with E-state index in [9.17, 15) is 0 Å². The summed E-state index contributed by atoms with van der Waals surface area (Å²) in [5.74, 6) is 0.866. The summed E-state index contributed by atoms with van der Waals surface area (Å²) in [7, 11) is 0. The number of benzene rings is 5. The number of hydrogen-bond donors (Lipinski definition) is 0. The van der Waals surface area contributed by atoms with E-state index in [0.717, 1.165) is 17.0 Å². The first-order chi connectivity index (χ1) is 17.9. The summed E-state index contributed by atoms with van der Waals surface area (Å²) in [6.45, 7) is 0. The van der Waals surface area contributed by atoms with Crippen LogP contribution in [0, 0.1) is 0 Å². The van der Waals surface area contributed by atoms with Crippen LogP contribution in [0.25, 0.3) is 65.9 Å². The minimum Gasteiger partial charge on any atom is -0.309 e. The third-order valence-corrected chi connectivity index (χ3v) is 7.26. The van der Waals surface area contributed by atoms with E-state index in [-0.39, 0.29) is 0 Å². The Morgan fingerprint density at radius 1 is 0.500 bits per heavy atom. The lowest BCUT2D eigenvalue weighted by atomic mass is 10.0. The van der Waals surface area contributed by atoms with Gasteiger partial charge < -0.3 is 4.57 Å². The summed E-state index contributed by atoms with van der Waals surface area (Å²) in [5, 5.41) is 7.38. The highest BCUT2D eigenvalue weighted by molar-refractivity contribution is 6.29. The SMILES string of the molecule is c1ccc(-n2c3ccc4c5ccccc5n(-c5ccncn5)c4c3c3ccc4ccccc4c32)cc1. The molecule has 168 valence electrons. The van der Waals surface area contributed by atoms with Crippen LogP contribution in [-0.4, -0.2) is 19.1 Å². The summed E-state index contributed by atoms with van der Waals surface area (Å²) in [6.07, 6.45) is 3.43. The first kappa shape index (κ1) is 19.4. The highest BCUT2D eigenvalue weighted by Crippen LogP contribution is 2.43. The summed E-state index contributed by atoms with van der Waals surface area (Å²) in [6, 6.07) is 38.9. The Hall–Kier alpha value is -4.96. The Labute approximate surface area is 206 Å². The zero-order valence-corrected chi connectivity index (χ0v) is 19.3. The van der Waals surface area contributed by atoms with Gasteiger partial charge in [0, 0.05) is 38.8 Å². The minimum atomic E-state index is 0.866. The monoisotopic (exact) mass is 460 g/mol. The van der Waals surface area contributed by atoms with Crippen molar-refractivity contribution < 1.29 is 0 Å². The Kier molecular flexibility index (Phi) is 3.91. The lowest BCUT2D eigenvalue weighted by Crippen LogP contribution is -1.97. The van der Waals surface area contributed by atoms with E-state index in [1.807, 2.05) is 12.3 Å². The molecular weight excluding hydrogens is 440 g/mol. The van der Waals surface area contributed by atoms with Crippen molar-refractivity contribution in [2.45, 2.75) is 0 Å². The van der Waals surface area contributed by atoms with E-state index in [2.05, 4.69) is 122 Å². The molecule has 3 aromatic heterocycles. The lowest BCUT2D eigenvalue weighted by molar-refractivity contribution is 1.04. The van der Waals surface area contributed by atoms with Gasteiger partial charge in [-0.2, -0.15) is 0 Å². The van der Waals surface area contributed by atoms with Crippen molar-refractivity contribution in [2.75, 3.05) is 0 Å². The van der Waals surface area contributed by atoms with Gasteiger partial charge in [-0.05, 0) is 35.7 Å². The number of fused-ring (bicyclic) bond motifs is 9. The molecule has 8 rings (SSSR count). The maximum absolute atomic E-state index is 4.67. The van der Waals surface area contributed by atoms with Crippen LogP contribution in [0.4, 0.5) is 0 Å². The van der Waals surface area contributed by atoms with E-state index in [1.54, 1.807) is 6.33 Å². The van der Waals surface area contributed by atoms with Gasteiger partial charge >= 0.3 is 0 Å². The molecule has 0 aliphatic carbocycles. The fourth-order valence-corrected chi connectivity index (χ4v) is 5.82. The van der Waals surface area contributed by atoms with Crippen LogP contribution in [0.15, 0.2) is 122 Å². The van der Waals surface area contributed by atoms with Crippen molar-refractivity contribution in [1.82, 2.24) is 19.1 Å². The maximum Gasteiger partial charge on any atom is 0.140 e. The zero-order valence-electron chi connectivity index (χ0n) is 19.3. The smallest absolute Gasteiger partial charge is 0.140 e.